The van der Waals surface area contributed by atoms with E-state index in [9.17, 15) is 0 Å². The fourth-order valence-corrected chi connectivity index (χ4v) is 3.16. The molecule has 0 atom stereocenters. The summed E-state index contributed by atoms with van der Waals surface area (Å²) in [6, 6.07) is 0.508. The van der Waals surface area contributed by atoms with Crippen molar-refractivity contribution in [3.8, 4) is 0 Å². The largest absolute Gasteiger partial charge is 0.379 e. The third-order valence-electron chi connectivity index (χ3n) is 3.72. The number of hydrogen-bond donors (Lipinski definition) is 1. The van der Waals surface area contributed by atoms with Crippen molar-refractivity contribution in [3.63, 3.8) is 0 Å². The van der Waals surface area contributed by atoms with Crippen molar-refractivity contribution < 1.29 is 4.74 Å². The molecule has 0 bridgehead atoms. The Balaban J connectivity index is 1.82. The van der Waals surface area contributed by atoms with E-state index in [1.807, 2.05) is 11.3 Å². The smallest absolute Gasteiger partial charge is 0.185 e. The molecule has 0 amide bonds. The molecule has 1 aliphatic carbocycles. The van der Waals surface area contributed by atoms with Crippen LogP contribution in [0.1, 0.15) is 44.2 Å². The summed E-state index contributed by atoms with van der Waals surface area (Å²) in [5.41, 5.74) is 1.23. The molecule has 5 heteroatoms. The van der Waals surface area contributed by atoms with E-state index in [2.05, 4.69) is 38.0 Å². The van der Waals surface area contributed by atoms with E-state index >= 15 is 0 Å². The summed E-state index contributed by atoms with van der Waals surface area (Å²) in [4.78, 5) is 8.37. The first kappa shape index (κ1) is 16.7. The molecule has 1 heterocycles. The summed E-state index contributed by atoms with van der Waals surface area (Å²) in [6.45, 7) is 10.1. The zero-order valence-corrected chi connectivity index (χ0v) is 14.6. The lowest BCUT2D eigenvalue weighted by atomic mass is 10.3. The average molecular weight is 311 g/mol. The molecule has 1 aromatic heterocycles. The minimum Gasteiger partial charge on any atom is -0.379 e. The fraction of sp³-hybridized carbons (Fsp3) is 0.812. The highest BCUT2D eigenvalue weighted by atomic mass is 32.1. The van der Waals surface area contributed by atoms with E-state index in [0.29, 0.717) is 6.04 Å². The van der Waals surface area contributed by atoms with E-state index < -0.39 is 0 Å². The number of thiazole rings is 1. The number of hydrogen-bond acceptors (Lipinski definition) is 5. The van der Waals surface area contributed by atoms with Crippen LogP contribution >= 0.6 is 11.3 Å². The number of nitrogens with zero attached hydrogens (tertiary/aromatic N) is 2. The second-order valence-corrected chi connectivity index (χ2v) is 7.26. The summed E-state index contributed by atoms with van der Waals surface area (Å²) in [5.74, 6) is 0.843. The van der Waals surface area contributed by atoms with Gasteiger partial charge in [-0.2, -0.15) is 0 Å². The number of nitrogens with one attached hydrogen (secondary N) is 1. The molecular weight excluding hydrogens is 282 g/mol. The van der Waals surface area contributed by atoms with Crippen LogP contribution in [0.5, 0.6) is 0 Å². The van der Waals surface area contributed by atoms with E-state index in [1.165, 1.54) is 23.4 Å². The van der Waals surface area contributed by atoms with Crippen LogP contribution in [-0.2, 0) is 17.7 Å². The summed E-state index contributed by atoms with van der Waals surface area (Å²) < 4.78 is 5.71. The monoisotopic (exact) mass is 311 g/mol. The molecule has 1 fully saturated rings. The van der Waals surface area contributed by atoms with Crippen LogP contribution in [0.15, 0.2) is 0 Å². The molecule has 4 nitrogen and oxygen atoms in total. The van der Waals surface area contributed by atoms with Gasteiger partial charge in [-0.15, -0.1) is 11.3 Å². The second kappa shape index (κ2) is 8.11. The number of likely N-dealkylation sites (N-methyl/N-ethyl adjacent to an activating group) is 1. The fourth-order valence-electron chi connectivity index (χ4n) is 2.08. The third-order valence-corrected chi connectivity index (χ3v) is 4.93. The Hall–Kier alpha value is -0.650. The Morgan fingerprint density at radius 2 is 2.19 bits per heavy atom. The van der Waals surface area contributed by atoms with Gasteiger partial charge in [0.1, 0.15) is 0 Å². The number of aromatic nitrogens is 1. The molecule has 0 aromatic carbocycles. The van der Waals surface area contributed by atoms with Gasteiger partial charge in [0, 0.05) is 37.7 Å². The zero-order valence-electron chi connectivity index (χ0n) is 13.8. The van der Waals surface area contributed by atoms with E-state index in [-0.39, 0.29) is 0 Å². The third kappa shape index (κ3) is 5.57. The van der Waals surface area contributed by atoms with Gasteiger partial charge in [0.05, 0.1) is 12.3 Å². The van der Waals surface area contributed by atoms with E-state index in [1.54, 1.807) is 0 Å². The molecular formula is C16H29N3OS. The molecule has 21 heavy (non-hydrogen) atoms. The summed E-state index contributed by atoms with van der Waals surface area (Å²) in [6.07, 6.45) is 3.71. The SMILES string of the molecule is CCc1nc(N(C)CCOCC2CC2)sc1CNC(C)C. The highest BCUT2D eigenvalue weighted by molar-refractivity contribution is 7.15. The molecule has 0 radical (unpaired) electrons. The predicted molar refractivity (Wildman–Crippen MR) is 90.3 cm³/mol. The maximum Gasteiger partial charge on any atom is 0.185 e. The molecule has 120 valence electrons. The van der Waals surface area contributed by atoms with Crippen molar-refractivity contribution in [1.29, 1.82) is 0 Å². The highest BCUT2D eigenvalue weighted by Crippen LogP contribution is 2.29. The first-order valence-electron chi connectivity index (χ1n) is 8.11. The Kier molecular flexibility index (Phi) is 6.45. The first-order chi connectivity index (χ1) is 10.1. The first-order valence-corrected chi connectivity index (χ1v) is 8.92. The van der Waals surface area contributed by atoms with Crippen LogP contribution in [0.2, 0.25) is 0 Å². The maximum absolute atomic E-state index is 5.71. The molecule has 1 saturated carbocycles. The predicted octanol–water partition coefficient (Wildman–Crippen LogP) is 3.07. The van der Waals surface area contributed by atoms with Crippen LogP contribution in [0.4, 0.5) is 5.13 Å². The molecule has 1 N–H and O–H groups in total. The Labute approximate surface area is 132 Å². The normalized spacial score (nSPS) is 14.9. The number of anilines is 1. The number of ether oxygens (including phenoxy) is 1. The van der Waals surface area contributed by atoms with Gasteiger partial charge in [-0.1, -0.05) is 20.8 Å². The Morgan fingerprint density at radius 3 is 2.81 bits per heavy atom. The number of rotatable bonds is 10. The van der Waals surface area contributed by atoms with Gasteiger partial charge in [-0.3, -0.25) is 0 Å². The Bertz CT molecular complexity index is 429. The van der Waals surface area contributed by atoms with Crippen molar-refractivity contribution in [1.82, 2.24) is 10.3 Å². The van der Waals surface area contributed by atoms with Crippen LogP contribution in [0.3, 0.4) is 0 Å². The minimum absolute atomic E-state index is 0.508. The van der Waals surface area contributed by atoms with Gasteiger partial charge in [0.2, 0.25) is 0 Å². The van der Waals surface area contributed by atoms with E-state index in [0.717, 1.165) is 43.8 Å². The van der Waals surface area contributed by atoms with Crippen molar-refractivity contribution >= 4 is 16.5 Å². The van der Waals surface area contributed by atoms with Crippen LogP contribution in [-0.4, -0.2) is 37.8 Å². The lowest BCUT2D eigenvalue weighted by Gasteiger charge is -2.15. The molecule has 0 spiro atoms. The van der Waals surface area contributed by atoms with Crippen LogP contribution < -0.4 is 10.2 Å². The van der Waals surface area contributed by atoms with Crippen molar-refractivity contribution in [3.05, 3.63) is 10.6 Å². The molecule has 0 saturated heterocycles. The lowest BCUT2D eigenvalue weighted by Crippen LogP contribution is -2.22. The van der Waals surface area contributed by atoms with Gasteiger partial charge in [-0.05, 0) is 25.2 Å². The lowest BCUT2D eigenvalue weighted by molar-refractivity contribution is 0.131. The standard InChI is InChI=1S/C16H29N3OS/c1-5-14-15(10-17-12(2)3)21-16(18-14)19(4)8-9-20-11-13-6-7-13/h12-13,17H,5-11H2,1-4H3. The van der Waals surface area contributed by atoms with Gasteiger partial charge < -0.3 is 15.0 Å². The van der Waals surface area contributed by atoms with E-state index in [4.69, 9.17) is 9.72 Å². The highest BCUT2D eigenvalue weighted by Gasteiger charge is 2.21. The van der Waals surface area contributed by atoms with Gasteiger partial charge >= 0.3 is 0 Å². The molecule has 0 unspecified atom stereocenters. The van der Waals surface area contributed by atoms with Gasteiger partial charge in [-0.25, -0.2) is 4.98 Å². The average Bonchev–Trinajstić information content (AvgIpc) is 3.18. The van der Waals surface area contributed by atoms with Crippen molar-refractivity contribution in [2.75, 3.05) is 31.7 Å². The molecule has 1 aliphatic rings. The summed E-state index contributed by atoms with van der Waals surface area (Å²) >= 11 is 1.81. The second-order valence-electron chi connectivity index (χ2n) is 6.20. The Morgan fingerprint density at radius 1 is 1.43 bits per heavy atom. The molecule has 0 aliphatic heterocycles. The topological polar surface area (TPSA) is 37.4 Å². The van der Waals surface area contributed by atoms with Gasteiger partial charge in [0.25, 0.3) is 0 Å². The van der Waals surface area contributed by atoms with Crippen LogP contribution in [0, 0.1) is 5.92 Å². The summed E-state index contributed by atoms with van der Waals surface area (Å²) in [7, 11) is 2.11. The summed E-state index contributed by atoms with van der Waals surface area (Å²) in [5, 5.41) is 4.60. The maximum atomic E-state index is 5.71. The van der Waals surface area contributed by atoms with Crippen LogP contribution in [0.25, 0.3) is 0 Å². The van der Waals surface area contributed by atoms with Crippen molar-refractivity contribution in [2.24, 2.45) is 5.92 Å². The van der Waals surface area contributed by atoms with Crippen molar-refractivity contribution in [2.45, 2.75) is 52.6 Å². The minimum atomic E-state index is 0.508. The van der Waals surface area contributed by atoms with Gasteiger partial charge in [0.15, 0.2) is 5.13 Å². The number of aryl methyl sites for hydroxylation is 1. The molecule has 2 rings (SSSR count). The quantitative estimate of drug-likeness (QED) is 0.674. The zero-order chi connectivity index (χ0) is 15.2. The molecule has 1 aromatic rings.